The van der Waals surface area contributed by atoms with E-state index in [0.717, 1.165) is 0 Å². The lowest BCUT2D eigenvalue weighted by atomic mass is 10.5. The zero-order chi connectivity index (χ0) is 9.28. The fourth-order valence-electron chi connectivity index (χ4n) is 0.201. The van der Waals surface area contributed by atoms with Crippen LogP contribution in [0.4, 0.5) is 0 Å². The van der Waals surface area contributed by atoms with Gasteiger partial charge in [0, 0.05) is 6.42 Å². The van der Waals surface area contributed by atoms with Crippen molar-refractivity contribution in [2.45, 2.75) is 19.8 Å². The number of hydrogen-bond acceptors (Lipinski definition) is 5. The Morgan fingerprint density at radius 1 is 1.55 bits per heavy atom. The van der Waals surface area contributed by atoms with Crippen molar-refractivity contribution in [1.82, 2.24) is 5.32 Å². The number of rotatable bonds is 2. The van der Waals surface area contributed by atoms with Gasteiger partial charge in [-0.15, -0.1) is 0 Å². The van der Waals surface area contributed by atoms with Crippen LogP contribution in [-0.2, 0) is 9.53 Å². The van der Waals surface area contributed by atoms with Crippen molar-refractivity contribution in [1.29, 1.82) is 0 Å². The van der Waals surface area contributed by atoms with Gasteiger partial charge in [0.15, 0.2) is 0 Å². The highest BCUT2D eigenvalue weighted by Gasteiger charge is 2.01. The molecule has 68 valence electrons. The van der Waals surface area contributed by atoms with E-state index in [1.165, 1.54) is 0 Å². The van der Waals surface area contributed by atoms with Gasteiger partial charge in [0.1, 0.15) is 0 Å². The van der Waals surface area contributed by atoms with Crippen molar-refractivity contribution < 1.29 is 19.7 Å². The van der Waals surface area contributed by atoms with Gasteiger partial charge in [0.25, 0.3) is 0 Å². The molecular formula is C6H15NO4. The lowest BCUT2D eigenvalue weighted by molar-refractivity contribution is -0.229. The van der Waals surface area contributed by atoms with Crippen molar-refractivity contribution in [2.24, 2.45) is 0 Å². The predicted molar refractivity (Wildman–Crippen MR) is 39.6 cm³/mol. The minimum atomic E-state index is -1.97. The Hall–Kier alpha value is -0.650. The first-order valence-electron chi connectivity index (χ1n) is 3.22. The summed E-state index contributed by atoms with van der Waals surface area (Å²) in [4.78, 5) is 10.1. The Balaban J connectivity index is 0. The van der Waals surface area contributed by atoms with E-state index in [1.807, 2.05) is 14.1 Å². The van der Waals surface area contributed by atoms with Crippen LogP contribution < -0.4 is 5.32 Å². The Morgan fingerprint density at radius 2 is 1.91 bits per heavy atom. The summed E-state index contributed by atoms with van der Waals surface area (Å²) < 4.78 is 3.87. The van der Waals surface area contributed by atoms with E-state index in [9.17, 15) is 4.79 Å². The second kappa shape index (κ2) is 9.35. The van der Waals surface area contributed by atoms with E-state index in [1.54, 1.807) is 6.92 Å². The Kier molecular flexibility index (Phi) is 11.0. The molecule has 0 radical (unpaired) electrons. The highest BCUT2D eigenvalue weighted by Crippen LogP contribution is 1.85. The second-order valence-electron chi connectivity index (χ2n) is 1.67. The molecule has 0 spiro atoms. The van der Waals surface area contributed by atoms with Crippen molar-refractivity contribution in [3.8, 4) is 0 Å². The van der Waals surface area contributed by atoms with E-state index in [0.29, 0.717) is 0 Å². The van der Waals surface area contributed by atoms with Gasteiger partial charge in [-0.25, -0.2) is 0 Å². The summed E-state index contributed by atoms with van der Waals surface area (Å²) in [5.74, 6) is -0.625. The molecule has 0 heterocycles. The number of aliphatic hydroxyl groups excluding tert-OH is 1. The minimum Gasteiger partial charge on any atom is -0.411 e. The summed E-state index contributed by atoms with van der Waals surface area (Å²) in [6, 6.07) is 0. The van der Waals surface area contributed by atoms with Gasteiger partial charge in [-0.1, -0.05) is 6.92 Å². The minimum absolute atomic E-state index is 0.150. The number of carbonyl (C=O) groups is 1. The van der Waals surface area contributed by atoms with Crippen LogP contribution in [0.2, 0.25) is 0 Å². The third kappa shape index (κ3) is 17.6. The van der Waals surface area contributed by atoms with E-state index in [-0.39, 0.29) is 6.42 Å². The molecule has 0 aromatic heterocycles. The summed E-state index contributed by atoms with van der Waals surface area (Å²) >= 11 is 0. The van der Waals surface area contributed by atoms with Crippen molar-refractivity contribution in [2.75, 3.05) is 14.1 Å². The fourth-order valence-corrected chi connectivity index (χ4v) is 0.201. The first-order valence-corrected chi connectivity index (χ1v) is 3.22. The van der Waals surface area contributed by atoms with Crippen LogP contribution in [0.1, 0.15) is 13.3 Å². The van der Waals surface area contributed by atoms with Crippen LogP contribution in [0.15, 0.2) is 0 Å². The molecule has 0 saturated heterocycles. The molecule has 0 amide bonds. The molecule has 0 aromatic rings. The van der Waals surface area contributed by atoms with Gasteiger partial charge in [-0.05, 0) is 14.1 Å². The number of ether oxygens (including phenoxy) is 1. The SMILES string of the molecule is CCC(=O)OC(O)O.CNC. The predicted octanol–water partition coefficient (Wildman–Crippen LogP) is -0.957. The highest BCUT2D eigenvalue weighted by molar-refractivity contribution is 5.68. The number of esters is 1. The van der Waals surface area contributed by atoms with Crippen molar-refractivity contribution in [3.63, 3.8) is 0 Å². The molecule has 0 aliphatic rings. The average Bonchev–Trinajstić information content (AvgIpc) is 1.88. The smallest absolute Gasteiger partial charge is 0.313 e. The zero-order valence-corrected chi connectivity index (χ0v) is 7.00. The maximum absolute atomic E-state index is 10.1. The monoisotopic (exact) mass is 165 g/mol. The third-order valence-electron chi connectivity index (χ3n) is 0.526. The lowest BCUT2D eigenvalue weighted by Crippen LogP contribution is -2.15. The molecule has 5 nitrogen and oxygen atoms in total. The molecule has 0 fully saturated rings. The Bertz CT molecular complexity index is 94.6. The summed E-state index contributed by atoms with van der Waals surface area (Å²) in [5, 5.41) is 18.7. The Labute approximate surface area is 66.0 Å². The van der Waals surface area contributed by atoms with Gasteiger partial charge >= 0.3 is 12.4 Å². The number of carbonyl (C=O) groups excluding carboxylic acids is 1. The van der Waals surface area contributed by atoms with Gasteiger partial charge in [0.05, 0.1) is 0 Å². The van der Waals surface area contributed by atoms with Gasteiger partial charge in [-0.3, -0.25) is 4.79 Å². The molecule has 0 atom stereocenters. The first-order chi connectivity index (χ1) is 5.08. The maximum Gasteiger partial charge on any atom is 0.313 e. The lowest BCUT2D eigenvalue weighted by Gasteiger charge is -2.01. The molecule has 0 rings (SSSR count). The maximum atomic E-state index is 10.1. The molecule has 0 aromatic carbocycles. The molecule has 11 heavy (non-hydrogen) atoms. The third-order valence-corrected chi connectivity index (χ3v) is 0.526. The van der Waals surface area contributed by atoms with Crippen molar-refractivity contribution in [3.05, 3.63) is 0 Å². The van der Waals surface area contributed by atoms with E-state index in [2.05, 4.69) is 10.1 Å². The van der Waals surface area contributed by atoms with Crippen LogP contribution in [0.5, 0.6) is 0 Å². The summed E-state index contributed by atoms with van der Waals surface area (Å²) in [7, 11) is 3.75. The largest absolute Gasteiger partial charge is 0.411 e. The molecule has 0 saturated carbocycles. The normalized spacial score (nSPS) is 8.55. The highest BCUT2D eigenvalue weighted by atomic mass is 16.7. The van der Waals surface area contributed by atoms with Crippen LogP contribution in [0.3, 0.4) is 0 Å². The molecule has 0 aliphatic carbocycles. The van der Waals surface area contributed by atoms with Crippen molar-refractivity contribution >= 4 is 5.97 Å². The van der Waals surface area contributed by atoms with Crippen LogP contribution in [-0.4, -0.2) is 36.8 Å². The van der Waals surface area contributed by atoms with Crippen LogP contribution in [0, 0.1) is 0 Å². The Morgan fingerprint density at radius 3 is 2.00 bits per heavy atom. The molecule has 3 N–H and O–H groups in total. The standard InChI is InChI=1S/C4H8O4.C2H7N/c1-2-3(5)8-4(6)7;1-3-2/h4,6-7H,2H2,1H3;3H,1-2H3. The van der Waals surface area contributed by atoms with E-state index >= 15 is 0 Å². The van der Waals surface area contributed by atoms with Gasteiger partial charge in [-0.2, -0.15) is 0 Å². The van der Waals surface area contributed by atoms with Crippen LogP contribution >= 0.6 is 0 Å². The molecule has 0 aliphatic heterocycles. The molecule has 0 bridgehead atoms. The first kappa shape index (κ1) is 13.0. The quantitative estimate of drug-likeness (QED) is 0.363. The molecule has 5 heteroatoms. The second-order valence-corrected chi connectivity index (χ2v) is 1.67. The summed E-state index contributed by atoms with van der Waals surface area (Å²) in [6.07, 6.45) is 0.150. The van der Waals surface area contributed by atoms with Gasteiger partial charge in [0.2, 0.25) is 0 Å². The topological polar surface area (TPSA) is 78.8 Å². The number of nitrogens with one attached hydrogen (secondary N) is 1. The molecular weight excluding hydrogens is 150 g/mol. The number of hydrogen-bond donors (Lipinski definition) is 3. The zero-order valence-electron chi connectivity index (χ0n) is 7.00. The molecule has 0 unspecified atom stereocenters. The van der Waals surface area contributed by atoms with Crippen LogP contribution in [0.25, 0.3) is 0 Å². The van der Waals surface area contributed by atoms with E-state index in [4.69, 9.17) is 10.2 Å². The average molecular weight is 165 g/mol. The fraction of sp³-hybridized carbons (Fsp3) is 0.833. The summed E-state index contributed by atoms with van der Waals surface area (Å²) in [6.45, 7) is -0.410. The number of aliphatic hydroxyl groups is 2. The summed E-state index contributed by atoms with van der Waals surface area (Å²) in [5.41, 5.74) is 0. The van der Waals surface area contributed by atoms with E-state index < -0.39 is 12.4 Å². The van der Waals surface area contributed by atoms with Gasteiger partial charge < -0.3 is 20.3 Å².